The molecule has 1 aliphatic rings. The number of nitrogens with zero attached hydrogens (tertiary/aromatic N) is 4. The fraction of sp³-hybridized carbons (Fsp3) is 0.400. The van der Waals surface area contributed by atoms with Crippen LogP contribution in [0.1, 0.15) is 19.3 Å². The second-order valence-corrected chi connectivity index (χ2v) is 7.48. The Morgan fingerprint density at radius 1 is 1.19 bits per heavy atom. The Morgan fingerprint density at radius 3 is 2.88 bits per heavy atom. The van der Waals surface area contributed by atoms with Crippen LogP contribution in [-0.2, 0) is 6.54 Å². The van der Waals surface area contributed by atoms with E-state index in [4.69, 9.17) is 0 Å². The molecule has 5 nitrogen and oxygen atoms in total. The number of anilines is 1. The number of rotatable bonds is 7. The van der Waals surface area contributed by atoms with E-state index in [-0.39, 0.29) is 0 Å². The summed E-state index contributed by atoms with van der Waals surface area (Å²) in [5.74, 6) is 0. The van der Waals surface area contributed by atoms with Gasteiger partial charge in [-0.1, -0.05) is 12.1 Å². The predicted molar refractivity (Wildman–Crippen MR) is 108 cm³/mol. The molecule has 0 amide bonds. The quantitative estimate of drug-likeness (QED) is 0.648. The zero-order valence-electron chi connectivity index (χ0n) is 14.9. The van der Waals surface area contributed by atoms with E-state index in [1.165, 1.54) is 24.1 Å². The zero-order valence-corrected chi connectivity index (χ0v) is 15.7. The highest BCUT2D eigenvalue weighted by Gasteiger charge is 2.19. The Bertz CT molecular complexity index is 776. The van der Waals surface area contributed by atoms with Gasteiger partial charge in [-0.3, -0.25) is 4.68 Å². The van der Waals surface area contributed by atoms with Gasteiger partial charge in [-0.15, -0.1) is 11.3 Å². The molecule has 0 atom stereocenters. The first kappa shape index (κ1) is 17.2. The molecule has 0 bridgehead atoms. The highest BCUT2D eigenvalue weighted by atomic mass is 32.1. The van der Waals surface area contributed by atoms with Gasteiger partial charge in [0, 0.05) is 54.7 Å². The Kier molecular flexibility index (Phi) is 5.62. The zero-order chi connectivity index (χ0) is 17.6. The largest absolute Gasteiger partial charge is 0.371 e. The normalized spacial score (nSPS) is 15.5. The van der Waals surface area contributed by atoms with Crippen LogP contribution < -0.4 is 10.2 Å². The Morgan fingerprint density at radius 2 is 2.12 bits per heavy atom. The summed E-state index contributed by atoms with van der Waals surface area (Å²) in [5, 5.41) is 10.1. The second-order valence-electron chi connectivity index (χ2n) is 6.76. The molecule has 1 aliphatic heterocycles. The van der Waals surface area contributed by atoms with Crippen molar-refractivity contribution in [1.29, 1.82) is 0 Å². The van der Waals surface area contributed by atoms with Gasteiger partial charge in [0.2, 0.25) is 0 Å². The molecule has 0 radical (unpaired) electrons. The third-order valence-corrected chi connectivity index (χ3v) is 5.58. The minimum absolute atomic E-state index is 0.630. The van der Waals surface area contributed by atoms with E-state index in [0.29, 0.717) is 6.04 Å². The van der Waals surface area contributed by atoms with Crippen LogP contribution in [0.25, 0.3) is 11.3 Å². The molecule has 1 fully saturated rings. The molecule has 1 aromatic carbocycles. The first-order chi connectivity index (χ1) is 12.9. The van der Waals surface area contributed by atoms with Crippen molar-refractivity contribution in [3.8, 4) is 11.3 Å². The minimum atomic E-state index is 0.630. The molecule has 0 spiro atoms. The third-order valence-electron chi connectivity index (χ3n) is 4.99. The number of hydrogen-bond donors (Lipinski definition) is 1. The Balaban J connectivity index is 1.24. The van der Waals surface area contributed by atoms with Crippen molar-refractivity contribution in [3.05, 3.63) is 53.6 Å². The molecule has 2 aromatic heterocycles. The molecule has 0 saturated carbocycles. The molecule has 3 heterocycles. The van der Waals surface area contributed by atoms with Crippen LogP contribution in [0.5, 0.6) is 0 Å². The summed E-state index contributed by atoms with van der Waals surface area (Å²) in [5.41, 5.74) is 5.49. The summed E-state index contributed by atoms with van der Waals surface area (Å²) >= 11 is 1.65. The van der Waals surface area contributed by atoms with Gasteiger partial charge in [0.15, 0.2) is 0 Å². The monoisotopic (exact) mass is 367 g/mol. The summed E-state index contributed by atoms with van der Waals surface area (Å²) in [4.78, 5) is 6.93. The highest BCUT2D eigenvalue weighted by molar-refractivity contribution is 7.07. The van der Waals surface area contributed by atoms with Crippen molar-refractivity contribution < 1.29 is 0 Å². The first-order valence-electron chi connectivity index (χ1n) is 9.33. The van der Waals surface area contributed by atoms with E-state index in [2.05, 4.69) is 49.9 Å². The number of nitrogens with one attached hydrogen (secondary N) is 1. The number of thiazole rings is 1. The Labute approximate surface area is 158 Å². The third kappa shape index (κ3) is 4.31. The maximum Gasteiger partial charge on any atom is 0.0811 e. The van der Waals surface area contributed by atoms with E-state index in [9.17, 15) is 0 Å². The molecule has 6 heteroatoms. The van der Waals surface area contributed by atoms with Crippen LogP contribution in [0.4, 0.5) is 5.69 Å². The van der Waals surface area contributed by atoms with Crippen LogP contribution in [-0.4, -0.2) is 40.4 Å². The molecule has 136 valence electrons. The van der Waals surface area contributed by atoms with Crippen LogP contribution in [0.15, 0.2) is 53.6 Å². The van der Waals surface area contributed by atoms with Crippen molar-refractivity contribution in [2.24, 2.45) is 0 Å². The van der Waals surface area contributed by atoms with E-state index in [1.807, 2.05) is 28.7 Å². The first-order valence-corrected chi connectivity index (χ1v) is 10.3. The van der Waals surface area contributed by atoms with Crippen LogP contribution >= 0.6 is 11.3 Å². The molecule has 0 unspecified atom stereocenters. The average Bonchev–Trinajstić information content (AvgIpc) is 3.40. The van der Waals surface area contributed by atoms with Gasteiger partial charge in [0.1, 0.15) is 0 Å². The van der Waals surface area contributed by atoms with Crippen molar-refractivity contribution >= 4 is 17.0 Å². The molecular weight excluding hydrogens is 342 g/mol. The molecular formula is C20H25N5S. The minimum Gasteiger partial charge on any atom is -0.371 e. The summed E-state index contributed by atoms with van der Waals surface area (Å²) in [6.45, 7) is 4.26. The number of hydrogen-bond acceptors (Lipinski definition) is 5. The van der Waals surface area contributed by atoms with Crippen LogP contribution in [0, 0.1) is 0 Å². The Hall–Kier alpha value is -2.18. The van der Waals surface area contributed by atoms with Gasteiger partial charge in [-0.2, -0.15) is 5.10 Å². The molecule has 3 aromatic rings. The lowest BCUT2D eigenvalue weighted by Crippen LogP contribution is -2.43. The van der Waals surface area contributed by atoms with Crippen LogP contribution in [0.3, 0.4) is 0 Å². The number of aromatic nitrogens is 3. The maximum atomic E-state index is 4.43. The smallest absolute Gasteiger partial charge is 0.0811 e. The molecule has 26 heavy (non-hydrogen) atoms. The van der Waals surface area contributed by atoms with Gasteiger partial charge < -0.3 is 10.2 Å². The van der Waals surface area contributed by atoms with Gasteiger partial charge in [0.25, 0.3) is 0 Å². The molecule has 1 saturated heterocycles. The van der Waals surface area contributed by atoms with Gasteiger partial charge in [-0.05, 0) is 44.0 Å². The lowest BCUT2D eigenvalue weighted by atomic mass is 10.0. The van der Waals surface area contributed by atoms with Gasteiger partial charge in [0.05, 0.1) is 11.2 Å². The summed E-state index contributed by atoms with van der Waals surface area (Å²) in [7, 11) is 0. The van der Waals surface area contributed by atoms with E-state index < -0.39 is 0 Å². The second kappa shape index (κ2) is 8.47. The lowest BCUT2D eigenvalue weighted by molar-refractivity contribution is 0.404. The number of piperidine rings is 1. The lowest BCUT2D eigenvalue weighted by Gasteiger charge is -2.34. The van der Waals surface area contributed by atoms with Crippen LogP contribution in [0.2, 0.25) is 0 Å². The fourth-order valence-electron chi connectivity index (χ4n) is 3.54. The summed E-state index contributed by atoms with van der Waals surface area (Å²) in [6.07, 6.45) is 7.38. The van der Waals surface area contributed by atoms with Gasteiger partial charge >= 0.3 is 0 Å². The van der Waals surface area contributed by atoms with E-state index in [0.717, 1.165) is 38.3 Å². The van der Waals surface area contributed by atoms with Gasteiger partial charge in [-0.25, -0.2) is 4.98 Å². The standard InChI is InChI=1S/C20H25N5S/c1-4-17(20-15-26-16-22-20)14-19(5-1)24-12-6-18(7-13-24)21-8-2-10-25-11-3-9-23-25/h1,3-5,9,11,14-16,18,21H,2,6-8,10,12-13H2. The topological polar surface area (TPSA) is 46.0 Å². The molecule has 0 aliphatic carbocycles. The molecule has 4 rings (SSSR count). The summed E-state index contributed by atoms with van der Waals surface area (Å²) < 4.78 is 2.00. The van der Waals surface area contributed by atoms with Crippen molar-refractivity contribution in [2.75, 3.05) is 24.5 Å². The number of aryl methyl sites for hydroxylation is 1. The van der Waals surface area contributed by atoms with E-state index in [1.54, 1.807) is 11.3 Å². The fourth-order valence-corrected chi connectivity index (χ4v) is 4.10. The van der Waals surface area contributed by atoms with Crippen molar-refractivity contribution in [1.82, 2.24) is 20.1 Å². The summed E-state index contributed by atoms with van der Waals surface area (Å²) in [6, 6.07) is 11.4. The maximum absolute atomic E-state index is 4.43. The SMILES string of the molecule is c1cc(-c2cscn2)cc(N2CCC(NCCCn3cccn3)CC2)c1. The highest BCUT2D eigenvalue weighted by Crippen LogP contribution is 2.26. The average molecular weight is 368 g/mol. The van der Waals surface area contributed by atoms with E-state index >= 15 is 0 Å². The van der Waals surface area contributed by atoms with Crippen molar-refractivity contribution in [3.63, 3.8) is 0 Å². The number of benzene rings is 1. The predicted octanol–water partition coefficient (Wildman–Crippen LogP) is 3.66. The molecule has 1 N–H and O–H groups in total. The van der Waals surface area contributed by atoms with Crippen molar-refractivity contribution in [2.45, 2.75) is 31.8 Å².